The summed E-state index contributed by atoms with van der Waals surface area (Å²) in [5, 5.41) is 24.6. The number of aromatic nitrogens is 4. The molecule has 118 valence electrons. The summed E-state index contributed by atoms with van der Waals surface area (Å²) in [4.78, 5) is 4.29. The van der Waals surface area contributed by atoms with Crippen molar-refractivity contribution in [1.29, 1.82) is 5.26 Å². The molecule has 0 saturated carbocycles. The monoisotopic (exact) mass is 317 g/mol. The van der Waals surface area contributed by atoms with E-state index in [9.17, 15) is 10.4 Å². The van der Waals surface area contributed by atoms with Crippen LogP contribution in [-0.4, -0.2) is 24.4 Å². The maximum absolute atomic E-state index is 11.0. The number of aryl methyl sites for hydroxylation is 1. The minimum atomic E-state index is -0.720. The standard InChI is InChI=1S/C18H15N5O/c19-7-11-8-21-23-6-5-14(18(24)16(11)23)17-13-4-2-1-3-12(13)15-9-20-10-22(15)17/h1-4,8-10,14,17-18,24H,5-6H2/t14-,17+,18?/m0/s1. The molecule has 0 fully saturated rings. The van der Waals surface area contributed by atoms with Crippen LogP contribution in [0.3, 0.4) is 0 Å². The highest BCUT2D eigenvalue weighted by Crippen LogP contribution is 2.49. The molecule has 6 nitrogen and oxygen atoms in total. The summed E-state index contributed by atoms with van der Waals surface area (Å²) in [5.74, 6) is -0.0158. The van der Waals surface area contributed by atoms with Crippen LogP contribution in [0.1, 0.15) is 35.4 Å². The number of hydrogen-bond acceptors (Lipinski definition) is 4. The Hall–Kier alpha value is -2.91. The average molecular weight is 317 g/mol. The van der Waals surface area contributed by atoms with Gasteiger partial charge in [0, 0.05) is 18.0 Å². The maximum Gasteiger partial charge on any atom is 0.103 e. The molecule has 0 saturated heterocycles. The third kappa shape index (κ3) is 1.62. The molecule has 4 heterocycles. The lowest BCUT2D eigenvalue weighted by atomic mass is 9.82. The number of nitrogens with zero attached hydrogens (tertiary/aromatic N) is 5. The van der Waals surface area contributed by atoms with Crippen LogP contribution in [0.2, 0.25) is 0 Å². The second-order valence-corrected chi connectivity index (χ2v) is 6.39. The second-order valence-electron chi connectivity index (χ2n) is 6.39. The van der Waals surface area contributed by atoms with Gasteiger partial charge in [0.2, 0.25) is 0 Å². The van der Waals surface area contributed by atoms with Crippen molar-refractivity contribution < 1.29 is 5.11 Å². The van der Waals surface area contributed by atoms with E-state index in [0.717, 1.165) is 12.1 Å². The van der Waals surface area contributed by atoms with E-state index in [1.54, 1.807) is 10.9 Å². The highest BCUT2D eigenvalue weighted by molar-refractivity contribution is 5.69. The van der Waals surface area contributed by atoms with Gasteiger partial charge in [0.15, 0.2) is 0 Å². The molecule has 2 aliphatic heterocycles. The van der Waals surface area contributed by atoms with Gasteiger partial charge in [-0.25, -0.2) is 4.98 Å². The fraction of sp³-hybridized carbons (Fsp3) is 0.278. The summed E-state index contributed by atoms with van der Waals surface area (Å²) < 4.78 is 3.91. The minimum absolute atomic E-state index is 0.0158. The highest BCUT2D eigenvalue weighted by atomic mass is 16.3. The Morgan fingerprint density at radius 1 is 1.25 bits per heavy atom. The van der Waals surface area contributed by atoms with Gasteiger partial charge in [0.1, 0.15) is 12.2 Å². The van der Waals surface area contributed by atoms with Gasteiger partial charge in [-0.05, 0) is 12.0 Å². The lowest BCUT2D eigenvalue weighted by Crippen LogP contribution is -2.31. The van der Waals surface area contributed by atoms with E-state index in [4.69, 9.17) is 0 Å². The van der Waals surface area contributed by atoms with Gasteiger partial charge in [0.05, 0.1) is 41.7 Å². The molecule has 0 aliphatic carbocycles. The first-order chi connectivity index (χ1) is 11.8. The number of imidazole rings is 1. The van der Waals surface area contributed by atoms with Gasteiger partial charge >= 0.3 is 0 Å². The Kier molecular flexibility index (Phi) is 2.70. The quantitative estimate of drug-likeness (QED) is 0.746. The van der Waals surface area contributed by atoms with E-state index in [-0.39, 0.29) is 12.0 Å². The van der Waals surface area contributed by atoms with Crippen LogP contribution in [0.25, 0.3) is 11.3 Å². The van der Waals surface area contributed by atoms with Gasteiger partial charge in [-0.2, -0.15) is 10.4 Å². The summed E-state index contributed by atoms with van der Waals surface area (Å²) in [7, 11) is 0. The molecule has 5 rings (SSSR count). The lowest BCUT2D eigenvalue weighted by molar-refractivity contribution is 0.0523. The average Bonchev–Trinajstić information content (AvgIpc) is 3.29. The third-order valence-corrected chi connectivity index (χ3v) is 5.29. The Labute approximate surface area is 138 Å². The van der Waals surface area contributed by atoms with Crippen molar-refractivity contribution in [3.63, 3.8) is 0 Å². The van der Waals surface area contributed by atoms with E-state index in [1.165, 1.54) is 11.1 Å². The zero-order chi connectivity index (χ0) is 16.3. The summed E-state index contributed by atoms with van der Waals surface area (Å²) in [6.45, 7) is 0.710. The number of rotatable bonds is 1. The highest BCUT2D eigenvalue weighted by Gasteiger charge is 2.41. The third-order valence-electron chi connectivity index (χ3n) is 5.29. The SMILES string of the molecule is N#Cc1cnn2c1C(O)[C@H]([C@H]1c3ccccc3-c3cncn31)CC2. The molecule has 0 spiro atoms. The van der Waals surface area contributed by atoms with Crippen molar-refractivity contribution in [2.75, 3.05) is 0 Å². The first-order valence-corrected chi connectivity index (χ1v) is 8.04. The van der Waals surface area contributed by atoms with E-state index in [0.29, 0.717) is 17.8 Å². The first-order valence-electron chi connectivity index (χ1n) is 8.04. The summed E-state index contributed by atoms with van der Waals surface area (Å²) in [6.07, 6.45) is 5.34. The fourth-order valence-corrected chi connectivity index (χ4v) is 4.24. The number of hydrogen-bond donors (Lipinski definition) is 1. The van der Waals surface area contributed by atoms with E-state index < -0.39 is 6.10 Å². The zero-order valence-corrected chi connectivity index (χ0v) is 12.9. The van der Waals surface area contributed by atoms with Gasteiger partial charge in [0.25, 0.3) is 0 Å². The second kappa shape index (κ2) is 4.79. The maximum atomic E-state index is 11.0. The van der Waals surface area contributed by atoms with Crippen molar-refractivity contribution >= 4 is 0 Å². The molecular weight excluding hydrogens is 302 g/mol. The smallest absolute Gasteiger partial charge is 0.103 e. The molecule has 0 radical (unpaired) electrons. The number of nitriles is 1. The summed E-state index contributed by atoms with van der Waals surface area (Å²) >= 11 is 0. The predicted octanol–water partition coefficient (Wildman–Crippen LogP) is 2.27. The number of benzene rings is 1. The van der Waals surface area contributed by atoms with Crippen molar-refractivity contribution in [3.8, 4) is 17.3 Å². The number of aliphatic hydroxyl groups is 1. The number of fused-ring (bicyclic) bond motifs is 4. The summed E-state index contributed by atoms with van der Waals surface area (Å²) in [5.41, 5.74) is 4.57. The van der Waals surface area contributed by atoms with Crippen LogP contribution in [-0.2, 0) is 6.54 Å². The van der Waals surface area contributed by atoms with Crippen LogP contribution in [0, 0.1) is 17.2 Å². The molecule has 24 heavy (non-hydrogen) atoms. The molecule has 3 atom stereocenters. The molecule has 2 aliphatic rings. The molecule has 1 unspecified atom stereocenters. The van der Waals surface area contributed by atoms with Gasteiger partial charge in [-0.15, -0.1) is 0 Å². The van der Waals surface area contributed by atoms with Crippen molar-refractivity contribution in [3.05, 3.63) is 59.8 Å². The van der Waals surface area contributed by atoms with Crippen LogP contribution in [0.4, 0.5) is 0 Å². The normalized spacial score (nSPS) is 24.1. The van der Waals surface area contributed by atoms with E-state index in [1.807, 2.05) is 24.7 Å². The number of aliphatic hydroxyl groups excluding tert-OH is 1. The van der Waals surface area contributed by atoms with Crippen molar-refractivity contribution in [2.24, 2.45) is 5.92 Å². The van der Waals surface area contributed by atoms with Gasteiger partial charge < -0.3 is 9.67 Å². The van der Waals surface area contributed by atoms with Crippen molar-refractivity contribution in [1.82, 2.24) is 19.3 Å². The molecular formula is C18H15N5O. The molecule has 1 N–H and O–H groups in total. The Balaban J connectivity index is 1.64. The molecule has 2 aromatic heterocycles. The van der Waals surface area contributed by atoms with Gasteiger partial charge in [-0.3, -0.25) is 4.68 Å². The van der Waals surface area contributed by atoms with Crippen LogP contribution >= 0.6 is 0 Å². The van der Waals surface area contributed by atoms with E-state index >= 15 is 0 Å². The van der Waals surface area contributed by atoms with Crippen LogP contribution in [0.5, 0.6) is 0 Å². The first kappa shape index (κ1) is 13.5. The predicted molar refractivity (Wildman–Crippen MR) is 85.8 cm³/mol. The Bertz CT molecular complexity index is 979. The molecule has 0 bridgehead atoms. The van der Waals surface area contributed by atoms with Crippen LogP contribution in [0.15, 0.2) is 43.0 Å². The zero-order valence-electron chi connectivity index (χ0n) is 12.9. The fourth-order valence-electron chi connectivity index (χ4n) is 4.24. The Morgan fingerprint density at radius 3 is 3.00 bits per heavy atom. The van der Waals surface area contributed by atoms with E-state index in [2.05, 4.69) is 32.9 Å². The molecule has 6 heteroatoms. The van der Waals surface area contributed by atoms with Crippen molar-refractivity contribution in [2.45, 2.75) is 25.1 Å². The van der Waals surface area contributed by atoms with Crippen LogP contribution < -0.4 is 0 Å². The molecule has 0 amide bonds. The minimum Gasteiger partial charge on any atom is -0.386 e. The largest absolute Gasteiger partial charge is 0.386 e. The Morgan fingerprint density at radius 2 is 2.12 bits per heavy atom. The molecule has 1 aromatic carbocycles. The summed E-state index contributed by atoms with van der Waals surface area (Å²) in [6, 6.07) is 10.5. The van der Waals surface area contributed by atoms with Gasteiger partial charge in [-0.1, -0.05) is 24.3 Å². The lowest BCUT2D eigenvalue weighted by Gasteiger charge is -2.34. The topological polar surface area (TPSA) is 79.7 Å². The molecule has 3 aromatic rings.